The summed E-state index contributed by atoms with van der Waals surface area (Å²) in [6.45, 7) is 6.16. The van der Waals surface area contributed by atoms with Crippen LogP contribution in [0.2, 0.25) is 0 Å². The lowest BCUT2D eigenvalue weighted by molar-refractivity contribution is 0.242. The van der Waals surface area contributed by atoms with Gasteiger partial charge < -0.3 is 15.4 Å². The van der Waals surface area contributed by atoms with E-state index in [9.17, 15) is 0 Å². The number of anilines is 4. The number of rotatable bonds is 7. The molecule has 0 aliphatic carbocycles. The molecule has 1 aromatic heterocycles. The highest BCUT2D eigenvalue weighted by Gasteiger charge is 2.02. The van der Waals surface area contributed by atoms with Crippen molar-refractivity contribution in [2.24, 2.45) is 0 Å². The Balaban J connectivity index is 1.66. The maximum atomic E-state index is 5.66. The van der Waals surface area contributed by atoms with Crippen LogP contribution in [-0.4, -0.2) is 16.1 Å². The van der Waals surface area contributed by atoms with E-state index in [0.717, 1.165) is 29.4 Å². The van der Waals surface area contributed by atoms with E-state index in [1.807, 2.05) is 56.3 Å². The number of nitrogens with one attached hydrogen (secondary N) is 2. The van der Waals surface area contributed by atoms with Crippen LogP contribution in [0.1, 0.15) is 26.3 Å². The molecule has 3 rings (SSSR count). The first-order chi connectivity index (χ1) is 12.6. The number of hydrogen-bond acceptors (Lipinski definition) is 5. The van der Waals surface area contributed by atoms with Crippen LogP contribution >= 0.6 is 0 Å². The van der Waals surface area contributed by atoms with Gasteiger partial charge in [-0.3, -0.25) is 0 Å². The minimum absolute atomic E-state index is 0.163. The van der Waals surface area contributed by atoms with E-state index in [4.69, 9.17) is 4.74 Å². The molecule has 134 valence electrons. The molecule has 5 heteroatoms. The van der Waals surface area contributed by atoms with E-state index in [1.165, 1.54) is 5.56 Å². The summed E-state index contributed by atoms with van der Waals surface area (Å²) < 4.78 is 5.66. The molecule has 26 heavy (non-hydrogen) atoms. The standard InChI is InChI=1S/C21H24N4O/c1-4-16-5-7-18(8-6-16)24-21-22-14-13-20(25-21)23-17-9-11-19(12-10-17)26-15(2)3/h5-15H,4H2,1-3H3,(H2,22,23,24,25). The highest BCUT2D eigenvalue weighted by atomic mass is 16.5. The van der Waals surface area contributed by atoms with Crippen LogP contribution in [0.25, 0.3) is 0 Å². The molecule has 0 saturated carbocycles. The number of hydrogen-bond donors (Lipinski definition) is 2. The molecule has 2 aromatic carbocycles. The van der Waals surface area contributed by atoms with Crippen molar-refractivity contribution < 1.29 is 4.74 Å². The Hall–Kier alpha value is -3.08. The summed E-state index contributed by atoms with van der Waals surface area (Å²) in [7, 11) is 0. The Morgan fingerprint density at radius 2 is 1.54 bits per heavy atom. The molecule has 0 fully saturated rings. The molecule has 1 heterocycles. The Morgan fingerprint density at radius 3 is 2.19 bits per heavy atom. The van der Waals surface area contributed by atoms with Crippen molar-refractivity contribution in [3.05, 3.63) is 66.4 Å². The van der Waals surface area contributed by atoms with Crippen LogP contribution < -0.4 is 15.4 Å². The fraction of sp³-hybridized carbons (Fsp3) is 0.238. The van der Waals surface area contributed by atoms with Crippen molar-refractivity contribution in [2.75, 3.05) is 10.6 Å². The Bertz CT molecular complexity index is 829. The zero-order valence-electron chi connectivity index (χ0n) is 15.4. The fourth-order valence-electron chi connectivity index (χ4n) is 2.48. The van der Waals surface area contributed by atoms with Crippen LogP contribution in [-0.2, 0) is 6.42 Å². The Morgan fingerprint density at radius 1 is 0.885 bits per heavy atom. The SMILES string of the molecule is CCc1ccc(Nc2nccc(Nc3ccc(OC(C)C)cc3)n2)cc1. The van der Waals surface area contributed by atoms with Gasteiger partial charge >= 0.3 is 0 Å². The van der Waals surface area contributed by atoms with Crippen LogP contribution in [0, 0.1) is 0 Å². The second kappa shape index (κ2) is 8.34. The molecule has 0 saturated heterocycles. The smallest absolute Gasteiger partial charge is 0.229 e. The van der Waals surface area contributed by atoms with E-state index >= 15 is 0 Å². The van der Waals surface area contributed by atoms with E-state index in [0.29, 0.717) is 5.95 Å². The topological polar surface area (TPSA) is 59.1 Å². The predicted octanol–water partition coefficient (Wildman–Crippen LogP) is 5.31. The maximum absolute atomic E-state index is 5.66. The zero-order valence-corrected chi connectivity index (χ0v) is 15.4. The fourth-order valence-corrected chi connectivity index (χ4v) is 2.48. The van der Waals surface area contributed by atoms with Crippen LogP contribution in [0.5, 0.6) is 5.75 Å². The molecular formula is C21H24N4O. The molecular weight excluding hydrogens is 324 g/mol. The van der Waals surface area contributed by atoms with Crippen LogP contribution in [0.4, 0.5) is 23.1 Å². The van der Waals surface area contributed by atoms with Crippen molar-refractivity contribution in [1.29, 1.82) is 0 Å². The molecule has 0 unspecified atom stereocenters. The third kappa shape index (κ3) is 4.96. The van der Waals surface area contributed by atoms with Crippen LogP contribution in [0.3, 0.4) is 0 Å². The summed E-state index contributed by atoms with van der Waals surface area (Å²) in [5.41, 5.74) is 3.21. The van der Waals surface area contributed by atoms with Gasteiger partial charge in [0.15, 0.2) is 0 Å². The highest BCUT2D eigenvalue weighted by molar-refractivity contribution is 5.60. The van der Waals surface area contributed by atoms with Gasteiger partial charge in [-0.1, -0.05) is 19.1 Å². The first kappa shape index (κ1) is 17.7. The van der Waals surface area contributed by atoms with Gasteiger partial charge in [0.1, 0.15) is 11.6 Å². The van der Waals surface area contributed by atoms with Gasteiger partial charge in [-0.25, -0.2) is 4.98 Å². The van der Waals surface area contributed by atoms with Crippen molar-refractivity contribution in [1.82, 2.24) is 9.97 Å². The van der Waals surface area contributed by atoms with E-state index in [2.05, 4.69) is 39.7 Å². The maximum Gasteiger partial charge on any atom is 0.229 e. The number of nitrogens with zero attached hydrogens (tertiary/aromatic N) is 2. The van der Waals surface area contributed by atoms with Gasteiger partial charge in [-0.05, 0) is 68.3 Å². The minimum atomic E-state index is 0.163. The Kier molecular flexibility index (Phi) is 5.69. The summed E-state index contributed by atoms with van der Waals surface area (Å²) >= 11 is 0. The molecule has 0 aliphatic heterocycles. The molecule has 3 aromatic rings. The Labute approximate surface area is 154 Å². The third-order valence-electron chi connectivity index (χ3n) is 3.77. The van der Waals surface area contributed by atoms with Gasteiger partial charge in [-0.15, -0.1) is 0 Å². The quantitative estimate of drug-likeness (QED) is 0.606. The summed E-state index contributed by atoms with van der Waals surface area (Å²) in [5.74, 6) is 2.13. The zero-order chi connectivity index (χ0) is 18.4. The second-order valence-corrected chi connectivity index (χ2v) is 6.26. The monoisotopic (exact) mass is 348 g/mol. The van der Waals surface area contributed by atoms with E-state index < -0.39 is 0 Å². The number of benzene rings is 2. The van der Waals surface area contributed by atoms with Crippen molar-refractivity contribution >= 4 is 23.1 Å². The molecule has 0 bridgehead atoms. The summed E-state index contributed by atoms with van der Waals surface area (Å²) in [5, 5.41) is 6.51. The summed E-state index contributed by atoms with van der Waals surface area (Å²) in [6, 6.07) is 17.9. The molecule has 0 aliphatic rings. The number of aromatic nitrogens is 2. The lowest BCUT2D eigenvalue weighted by atomic mass is 10.1. The number of aryl methyl sites for hydroxylation is 1. The van der Waals surface area contributed by atoms with E-state index in [-0.39, 0.29) is 6.10 Å². The third-order valence-corrected chi connectivity index (χ3v) is 3.77. The lowest BCUT2D eigenvalue weighted by Crippen LogP contribution is -2.05. The average Bonchev–Trinajstić information content (AvgIpc) is 2.64. The van der Waals surface area contributed by atoms with Gasteiger partial charge in [0.05, 0.1) is 6.10 Å². The van der Waals surface area contributed by atoms with E-state index in [1.54, 1.807) is 6.20 Å². The van der Waals surface area contributed by atoms with Crippen LogP contribution in [0.15, 0.2) is 60.8 Å². The summed E-state index contributed by atoms with van der Waals surface area (Å²) in [4.78, 5) is 8.80. The summed E-state index contributed by atoms with van der Waals surface area (Å²) in [6.07, 6.45) is 2.92. The average molecular weight is 348 g/mol. The molecule has 0 amide bonds. The van der Waals surface area contributed by atoms with Gasteiger partial charge in [0.25, 0.3) is 0 Å². The normalized spacial score (nSPS) is 10.6. The molecule has 0 radical (unpaired) electrons. The van der Waals surface area contributed by atoms with Crippen molar-refractivity contribution in [3.63, 3.8) is 0 Å². The molecule has 0 spiro atoms. The van der Waals surface area contributed by atoms with Crippen molar-refractivity contribution in [3.8, 4) is 5.75 Å². The van der Waals surface area contributed by atoms with Crippen molar-refractivity contribution in [2.45, 2.75) is 33.3 Å². The predicted molar refractivity (Wildman–Crippen MR) is 107 cm³/mol. The van der Waals surface area contributed by atoms with Gasteiger partial charge in [0.2, 0.25) is 5.95 Å². The molecule has 0 atom stereocenters. The minimum Gasteiger partial charge on any atom is -0.491 e. The second-order valence-electron chi connectivity index (χ2n) is 6.26. The largest absolute Gasteiger partial charge is 0.491 e. The first-order valence-electron chi connectivity index (χ1n) is 8.85. The van der Waals surface area contributed by atoms with Gasteiger partial charge in [0, 0.05) is 17.6 Å². The number of ether oxygens (including phenoxy) is 1. The highest BCUT2D eigenvalue weighted by Crippen LogP contribution is 2.21. The van der Waals surface area contributed by atoms with Gasteiger partial charge in [-0.2, -0.15) is 4.98 Å². The molecule has 5 nitrogen and oxygen atoms in total. The molecule has 2 N–H and O–H groups in total. The first-order valence-corrected chi connectivity index (χ1v) is 8.85. The lowest BCUT2D eigenvalue weighted by Gasteiger charge is -2.11.